The number of hydrogen-bond donors (Lipinski definition) is 1. The number of hydrogen-bond acceptors (Lipinski definition) is 5. The minimum Gasteiger partial charge on any atom is -0.323 e. The molecule has 150 valence electrons. The number of aromatic nitrogens is 5. The minimum absolute atomic E-state index is 0.302. The van der Waals surface area contributed by atoms with E-state index >= 15 is 0 Å². The van der Waals surface area contributed by atoms with Crippen molar-refractivity contribution in [3.8, 4) is 5.69 Å². The van der Waals surface area contributed by atoms with E-state index in [-0.39, 0.29) is 0 Å². The van der Waals surface area contributed by atoms with Crippen LogP contribution in [0.2, 0.25) is 0 Å². The van der Waals surface area contributed by atoms with Gasteiger partial charge in [0.15, 0.2) is 0 Å². The summed E-state index contributed by atoms with van der Waals surface area (Å²) in [6, 6.07) is 17.7. The van der Waals surface area contributed by atoms with Crippen molar-refractivity contribution in [1.82, 2.24) is 24.1 Å². The van der Waals surface area contributed by atoms with Crippen LogP contribution in [-0.4, -0.2) is 30.0 Å². The van der Waals surface area contributed by atoms with Crippen LogP contribution >= 0.6 is 0 Å². The van der Waals surface area contributed by atoms with Crippen molar-refractivity contribution in [3.05, 3.63) is 106 Å². The van der Waals surface area contributed by atoms with Gasteiger partial charge in [-0.2, -0.15) is 0 Å². The Hall–Kier alpha value is -4.27. The number of para-hydroxylation sites is 2. The molecule has 4 rings (SSSR count). The number of rotatable bonds is 6. The Morgan fingerprint density at radius 2 is 1.70 bits per heavy atom. The van der Waals surface area contributed by atoms with E-state index in [1.165, 1.54) is 27.7 Å². The fraction of sp³-hybridized carbons (Fsp3) is 0.0952. The highest BCUT2D eigenvalue weighted by atomic mass is 16.2. The van der Waals surface area contributed by atoms with Crippen LogP contribution in [0.4, 0.5) is 5.69 Å². The predicted octanol–water partition coefficient (Wildman–Crippen LogP) is 1.28. The molecule has 9 nitrogen and oxygen atoms in total. The minimum atomic E-state index is -0.550. The fourth-order valence-electron chi connectivity index (χ4n) is 3.05. The van der Waals surface area contributed by atoms with Gasteiger partial charge in [-0.1, -0.05) is 47.7 Å². The normalized spacial score (nSPS) is 10.7. The quantitative estimate of drug-likeness (QED) is 0.523. The van der Waals surface area contributed by atoms with Crippen LogP contribution in [0.25, 0.3) is 5.69 Å². The van der Waals surface area contributed by atoms with Crippen LogP contribution in [0.1, 0.15) is 5.56 Å². The highest BCUT2D eigenvalue weighted by Gasteiger charge is 2.13. The Kier molecular flexibility index (Phi) is 5.33. The fourth-order valence-corrected chi connectivity index (χ4v) is 3.05. The summed E-state index contributed by atoms with van der Waals surface area (Å²) in [6.45, 7) is -0.101. The molecule has 0 fully saturated rings. The monoisotopic (exact) mass is 402 g/mol. The van der Waals surface area contributed by atoms with Gasteiger partial charge in [-0.05, 0) is 17.7 Å². The molecule has 1 N–H and O–H groups in total. The van der Waals surface area contributed by atoms with Gasteiger partial charge in [-0.25, -0.2) is 9.48 Å². The molecule has 1 amide bonds. The molecule has 9 heteroatoms. The zero-order chi connectivity index (χ0) is 20.9. The molecule has 2 aromatic heterocycles. The molecule has 0 aliphatic rings. The van der Waals surface area contributed by atoms with Gasteiger partial charge in [0.25, 0.3) is 5.56 Å². The van der Waals surface area contributed by atoms with Crippen molar-refractivity contribution in [3.63, 3.8) is 0 Å². The van der Waals surface area contributed by atoms with Gasteiger partial charge in [-0.3, -0.25) is 18.7 Å². The number of carbonyl (C=O) groups excluding carboxylic acids is 1. The summed E-state index contributed by atoms with van der Waals surface area (Å²) in [5.41, 5.74) is 0.929. The number of carbonyl (C=O) groups is 1. The molecule has 0 saturated carbocycles. The van der Waals surface area contributed by atoms with Crippen LogP contribution in [0.3, 0.4) is 0 Å². The first-order chi connectivity index (χ1) is 14.6. The zero-order valence-corrected chi connectivity index (χ0v) is 15.9. The average Bonchev–Trinajstić information content (AvgIpc) is 3.29. The van der Waals surface area contributed by atoms with Gasteiger partial charge < -0.3 is 5.32 Å². The van der Waals surface area contributed by atoms with E-state index in [1.807, 2.05) is 30.3 Å². The van der Waals surface area contributed by atoms with Crippen LogP contribution in [0.15, 0.2) is 88.8 Å². The maximum atomic E-state index is 12.8. The highest BCUT2D eigenvalue weighted by Crippen LogP contribution is 2.18. The van der Waals surface area contributed by atoms with E-state index in [0.717, 1.165) is 10.1 Å². The van der Waals surface area contributed by atoms with Gasteiger partial charge in [0.1, 0.15) is 6.54 Å². The van der Waals surface area contributed by atoms with Crippen molar-refractivity contribution >= 4 is 11.6 Å². The lowest BCUT2D eigenvalue weighted by Gasteiger charge is -2.12. The zero-order valence-electron chi connectivity index (χ0n) is 15.9. The molecule has 0 saturated heterocycles. The van der Waals surface area contributed by atoms with Gasteiger partial charge in [0.2, 0.25) is 5.91 Å². The van der Waals surface area contributed by atoms with E-state index in [9.17, 15) is 14.4 Å². The maximum Gasteiger partial charge on any atom is 0.331 e. The van der Waals surface area contributed by atoms with E-state index in [0.29, 0.717) is 17.9 Å². The lowest BCUT2D eigenvalue weighted by molar-refractivity contribution is -0.116. The Morgan fingerprint density at radius 1 is 0.933 bits per heavy atom. The van der Waals surface area contributed by atoms with Gasteiger partial charge in [0.05, 0.1) is 30.3 Å². The van der Waals surface area contributed by atoms with E-state index in [4.69, 9.17) is 0 Å². The summed E-state index contributed by atoms with van der Waals surface area (Å²) in [5.74, 6) is -0.501. The second-order valence-corrected chi connectivity index (χ2v) is 6.55. The van der Waals surface area contributed by atoms with Crippen LogP contribution in [0.5, 0.6) is 0 Å². The van der Waals surface area contributed by atoms with Crippen molar-refractivity contribution in [2.45, 2.75) is 13.1 Å². The van der Waals surface area contributed by atoms with Gasteiger partial charge in [-0.15, -0.1) is 5.10 Å². The topological polar surface area (TPSA) is 104 Å². The molecule has 0 atom stereocenters. The van der Waals surface area contributed by atoms with Gasteiger partial charge in [0, 0.05) is 12.3 Å². The Balaban J connectivity index is 1.57. The van der Waals surface area contributed by atoms with Gasteiger partial charge >= 0.3 is 5.69 Å². The summed E-state index contributed by atoms with van der Waals surface area (Å²) >= 11 is 0. The molecule has 0 bridgehead atoms. The van der Waals surface area contributed by atoms with E-state index < -0.39 is 23.7 Å². The third-order valence-electron chi connectivity index (χ3n) is 4.48. The first kappa shape index (κ1) is 19.1. The number of anilines is 1. The third kappa shape index (κ3) is 4.09. The van der Waals surface area contributed by atoms with Crippen molar-refractivity contribution in [2.24, 2.45) is 0 Å². The summed E-state index contributed by atoms with van der Waals surface area (Å²) in [7, 11) is 0. The van der Waals surface area contributed by atoms with Crippen LogP contribution in [0, 0.1) is 0 Å². The summed E-state index contributed by atoms with van der Waals surface area (Å²) in [5, 5.41) is 10.4. The second-order valence-electron chi connectivity index (χ2n) is 6.55. The Labute approximate surface area is 170 Å². The first-order valence-corrected chi connectivity index (χ1v) is 9.21. The molecule has 0 aliphatic heterocycles. The lowest BCUT2D eigenvalue weighted by atomic mass is 10.2. The number of benzene rings is 2. The van der Waals surface area contributed by atoms with Crippen molar-refractivity contribution in [2.75, 3.05) is 5.32 Å². The molecule has 2 heterocycles. The van der Waals surface area contributed by atoms with E-state index in [1.54, 1.807) is 30.5 Å². The summed E-state index contributed by atoms with van der Waals surface area (Å²) < 4.78 is 3.82. The highest BCUT2D eigenvalue weighted by molar-refractivity contribution is 5.92. The SMILES string of the molecule is O=C(Cn1c(=O)ccn(Cc2ccccc2)c1=O)Nc1ccccc1-n1ccnn1. The molecule has 0 unspecified atom stereocenters. The molecular weight excluding hydrogens is 384 g/mol. The number of nitrogens with zero attached hydrogens (tertiary/aromatic N) is 5. The summed E-state index contributed by atoms with van der Waals surface area (Å²) in [6.07, 6.45) is 4.61. The standard InChI is InChI=1S/C21H18N6O3/c28-19(23-17-8-4-5-9-18(17)27-13-11-22-24-27)15-26-20(29)10-12-25(21(26)30)14-16-6-2-1-3-7-16/h1-13H,14-15H2,(H,23,28). The largest absolute Gasteiger partial charge is 0.331 e. The molecule has 4 aromatic rings. The second kappa shape index (κ2) is 8.39. The lowest BCUT2D eigenvalue weighted by Crippen LogP contribution is -2.41. The Bertz CT molecular complexity index is 1280. The van der Waals surface area contributed by atoms with Crippen molar-refractivity contribution < 1.29 is 4.79 Å². The molecule has 0 radical (unpaired) electrons. The predicted molar refractivity (Wildman–Crippen MR) is 110 cm³/mol. The molecule has 0 aliphatic carbocycles. The Morgan fingerprint density at radius 3 is 2.47 bits per heavy atom. The maximum absolute atomic E-state index is 12.8. The van der Waals surface area contributed by atoms with Crippen molar-refractivity contribution in [1.29, 1.82) is 0 Å². The molecule has 0 spiro atoms. The molecule has 2 aromatic carbocycles. The van der Waals surface area contributed by atoms with Crippen LogP contribution in [-0.2, 0) is 17.9 Å². The molecular formula is C21H18N6O3. The smallest absolute Gasteiger partial charge is 0.323 e. The average molecular weight is 402 g/mol. The molecule has 30 heavy (non-hydrogen) atoms. The van der Waals surface area contributed by atoms with Crippen LogP contribution < -0.4 is 16.6 Å². The van der Waals surface area contributed by atoms with E-state index in [2.05, 4.69) is 15.6 Å². The number of nitrogens with one attached hydrogen (secondary N) is 1. The summed E-state index contributed by atoms with van der Waals surface area (Å²) in [4.78, 5) is 37.6. The first-order valence-electron chi connectivity index (χ1n) is 9.21. The number of amides is 1. The third-order valence-corrected chi connectivity index (χ3v) is 4.48.